The molecule has 1 aromatic carbocycles. The highest BCUT2D eigenvalue weighted by atomic mass is 32.2. The van der Waals surface area contributed by atoms with Crippen molar-refractivity contribution in [1.29, 1.82) is 0 Å². The zero-order valence-corrected chi connectivity index (χ0v) is 10.8. The molecule has 18 heavy (non-hydrogen) atoms. The van der Waals surface area contributed by atoms with Crippen molar-refractivity contribution in [3.63, 3.8) is 0 Å². The lowest BCUT2D eigenvalue weighted by Crippen LogP contribution is -2.40. The van der Waals surface area contributed by atoms with E-state index in [0.29, 0.717) is 5.56 Å². The van der Waals surface area contributed by atoms with Gasteiger partial charge in [0.1, 0.15) is 11.9 Å². The maximum atomic E-state index is 13.0. The van der Waals surface area contributed by atoms with Gasteiger partial charge in [0.2, 0.25) is 10.0 Å². The van der Waals surface area contributed by atoms with Crippen molar-refractivity contribution in [2.75, 3.05) is 0 Å². The van der Waals surface area contributed by atoms with E-state index in [2.05, 4.69) is 0 Å². The van der Waals surface area contributed by atoms with Gasteiger partial charge in [0.15, 0.2) is 0 Å². The molecule has 1 atom stereocenters. The Morgan fingerprint density at radius 1 is 1.50 bits per heavy atom. The molecular weight excluding hydrogens is 261 g/mol. The Kier molecular flexibility index (Phi) is 4.42. The summed E-state index contributed by atoms with van der Waals surface area (Å²) in [7, 11) is -4.04. The number of benzene rings is 1. The molecule has 0 aliphatic carbocycles. The molecule has 0 spiro atoms. The van der Waals surface area contributed by atoms with E-state index in [4.69, 9.17) is 5.11 Å². The number of halogens is 1. The van der Waals surface area contributed by atoms with Gasteiger partial charge in [0.05, 0.1) is 4.90 Å². The van der Waals surface area contributed by atoms with Gasteiger partial charge in [-0.3, -0.25) is 4.79 Å². The van der Waals surface area contributed by atoms with Gasteiger partial charge in [-0.15, -0.1) is 0 Å². The molecule has 0 bridgehead atoms. The number of carbonyl (C=O) groups is 1. The van der Waals surface area contributed by atoms with Crippen molar-refractivity contribution in [3.05, 3.63) is 29.6 Å². The van der Waals surface area contributed by atoms with Crippen LogP contribution in [0.5, 0.6) is 0 Å². The second kappa shape index (κ2) is 5.45. The lowest BCUT2D eigenvalue weighted by atomic mass is 10.2. The number of carboxylic acid groups (broad SMARTS) is 1. The summed E-state index contributed by atoms with van der Waals surface area (Å²) in [5, 5.41) is 8.81. The highest BCUT2D eigenvalue weighted by Crippen LogP contribution is 2.16. The number of hydrogen-bond donors (Lipinski definition) is 2. The zero-order chi connectivity index (χ0) is 13.9. The van der Waals surface area contributed by atoms with Crippen LogP contribution in [0.25, 0.3) is 0 Å². The number of sulfonamides is 1. The highest BCUT2D eigenvalue weighted by molar-refractivity contribution is 7.89. The van der Waals surface area contributed by atoms with Crippen LogP contribution < -0.4 is 4.72 Å². The fourth-order valence-corrected chi connectivity index (χ4v) is 2.95. The van der Waals surface area contributed by atoms with Crippen molar-refractivity contribution in [2.24, 2.45) is 0 Å². The number of rotatable bonds is 5. The van der Waals surface area contributed by atoms with Crippen LogP contribution >= 0.6 is 0 Å². The molecule has 0 saturated heterocycles. The minimum Gasteiger partial charge on any atom is -0.480 e. The third-order valence-corrected chi connectivity index (χ3v) is 4.06. The van der Waals surface area contributed by atoms with Crippen LogP contribution in [0.4, 0.5) is 4.39 Å². The zero-order valence-electron chi connectivity index (χ0n) is 9.97. The summed E-state index contributed by atoms with van der Waals surface area (Å²) >= 11 is 0. The second-order valence-electron chi connectivity index (χ2n) is 3.83. The Hall–Kier alpha value is -1.47. The number of hydrogen-bond acceptors (Lipinski definition) is 3. The quantitative estimate of drug-likeness (QED) is 0.847. The first-order chi connectivity index (χ1) is 8.27. The van der Waals surface area contributed by atoms with Crippen molar-refractivity contribution in [2.45, 2.75) is 31.2 Å². The van der Waals surface area contributed by atoms with Crippen LogP contribution in [-0.2, 0) is 14.8 Å². The predicted octanol–water partition coefficient (Wildman–Crippen LogP) is 1.28. The molecule has 1 aromatic rings. The van der Waals surface area contributed by atoms with Crippen LogP contribution in [0.15, 0.2) is 23.1 Å². The molecule has 5 nitrogen and oxygen atoms in total. The number of carboxylic acids is 1. The van der Waals surface area contributed by atoms with E-state index >= 15 is 0 Å². The standard InChI is InChI=1S/C11H14FNO4S/c1-3-9(11(14)15)13-18(16,17)10-6-8(12)5-4-7(10)2/h4-6,9,13H,3H2,1-2H3,(H,14,15)/t9-/m0/s1. The van der Waals surface area contributed by atoms with Gasteiger partial charge in [-0.05, 0) is 31.0 Å². The molecule has 7 heteroatoms. The molecule has 0 aliphatic heterocycles. The van der Waals surface area contributed by atoms with Crippen molar-refractivity contribution in [3.8, 4) is 0 Å². The summed E-state index contributed by atoms with van der Waals surface area (Å²) in [5.41, 5.74) is 0.351. The molecule has 0 unspecified atom stereocenters. The Labute approximate surface area is 105 Å². The molecule has 0 saturated carbocycles. The van der Waals surface area contributed by atoms with Gasteiger partial charge in [-0.2, -0.15) is 4.72 Å². The molecule has 0 heterocycles. The van der Waals surface area contributed by atoms with Crippen molar-refractivity contribution >= 4 is 16.0 Å². The Balaban J connectivity index is 3.14. The molecule has 0 amide bonds. The molecular formula is C11H14FNO4S. The molecule has 0 aromatic heterocycles. The Morgan fingerprint density at radius 2 is 2.11 bits per heavy atom. The average Bonchev–Trinajstić information content (AvgIpc) is 2.28. The summed E-state index contributed by atoms with van der Waals surface area (Å²) in [6.45, 7) is 3.05. The Bertz CT molecular complexity index is 556. The largest absolute Gasteiger partial charge is 0.480 e. The summed E-state index contributed by atoms with van der Waals surface area (Å²) in [4.78, 5) is 10.5. The Morgan fingerprint density at radius 3 is 2.61 bits per heavy atom. The maximum absolute atomic E-state index is 13.0. The molecule has 1 rings (SSSR count). The highest BCUT2D eigenvalue weighted by Gasteiger charge is 2.25. The normalized spacial score (nSPS) is 13.3. The first-order valence-corrected chi connectivity index (χ1v) is 6.77. The third kappa shape index (κ3) is 3.27. The van der Waals surface area contributed by atoms with E-state index in [-0.39, 0.29) is 11.3 Å². The van der Waals surface area contributed by atoms with Gasteiger partial charge in [0.25, 0.3) is 0 Å². The first-order valence-electron chi connectivity index (χ1n) is 5.29. The summed E-state index contributed by atoms with van der Waals surface area (Å²) in [5.74, 6) is -1.96. The van der Waals surface area contributed by atoms with Crippen LogP contribution in [-0.4, -0.2) is 25.5 Å². The van der Waals surface area contributed by atoms with Crippen LogP contribution in [0.2, 0.25) is 0 Å². The van der Waals surface area contributed by atoms with Gasteiger partial charge in [-0.1, -0.05) is 13.0 Å². The van der Waals surface area contributed by atoms with E-state index in [1.807, 2.05) is 4.72 Å². The topological polar surface area (TPSA) is 83.5 Å². The second-order valence-corrected chi connectivity index (χ2v) is 5.51. The number of aliphatic carboxylic acids is 1. The average molecular weight is 275 g/mol. The molecule has 0 radical (unpaired) electrons. The smallest absolute Gasteiger partial charge is 0.321 e. The van der Waals surface area contributed by atoms with Gasteiger partial charge in [-0.25, -0.2) is 12.8 Å². The fourth-order valence-electron chi connectivity index (χ4n) is 1.42. The fraction of sp³-hybridized carbons (Fsp3) is 0.364. The first kappa shape index (κ1) is 14.6. The monoisotopic (exact) mass is 275 g/mol. The van der Waals surface area contributed by atoms with Crippen molar-refractivity contribution < 1.29 is 22.7 Å². The molecule has 2 N–H and O–H groups in total. The predicted molar refractivity (Wildman–Crippen MR) is 63.2 cm³/mol. The SMILES string of the molecule is CC[C@H](NS(=O)(=O)c1cc(F)ccc1C)C(=O)O. The number of nitrogens with one attached hydrogen (secondary N) is 1. The molecule has 100 valence electrons. The van der Waals surface area contributed by atoms with Crippen LogP contribution in [0.3, 0.4) is 0 Å². The molecule has 0 aliphatic rings. The van der Waals surface area contributed by atoms with Gasteiger partial charge >= 0.3 is 5.97 Å². The van der Waals surface area contributed by atoms with Gasteiger partial charge in [0, 0.05) is 0 Å². The molecule has 0 fully saturated rings. The minimum atomic E-state index is -4.04. The van der Waals surface area contributed by atoms with E-state index < -0.39 is 27.9 Å². The van der Waals surface area contributed by atoms with E-state index in [9.17, 15) is 17.6 Å². The van der Waals surface area contributed by atoms with Crippen molar-refractivity contribution in [1.82, 2.24) is 4.72 Å². The summed E-state index contributed by atoms with van der Waals surface area (Å²) in [6.07, 6.45) is 0.100. The summed E-state index contributed by atoms with van der Waals surface area (Å²) < 4.78 is 39.0. The van der Waals surface area contributed by atoms with E-state index in [0.717, 1.165) is 12.1 Å². The lowest BCUT2D eigenvalue weighted by molar-refractivity contribution is -0.139. The van der Waals surface area contributed by atoms with Crippen LogP contribution in [0, 0.1) is 12.7 Å². The van der Waals surface area contributed by atoms with Gasteiger partial charge < -0.3 is 5.11 Å². The lowest BCUT2D eigenvalue weighted by Gasteiger charge is -2.14. The third-order valence-electron chi connectivity index (χ3n) is 2.44. The van der Waals surface area contributed by atoms with E-state index in [1.54, 1.807) is 6.92 Å². The maximum Gasteiger partial charge on any atom is 0.321 e. The van der Waals surface area contributed by atoms with Crippen LogP contribution in [0.1, 0.15) is 18.9 Å². The minimum absolute atomic E-state index is 0.100. The van der Waals surface area contributed by atoms with E-state index in [1.165, 1.54) is 13.0 Å². The number of aryl methyl sites for hydroxylation is 1. The summed E-state index contributed by atoms with van der Waals surface area (Å²) in [6, 6.07) is 2.11.